The first kappa shape index (κ1) is 13.3. The minimum Gasteiger partial charge on any atom is -0.459 e. The van der Waals surface area contributed by atoms with E-state index in [-0.39, 0.29) is 0 Å². The summed E-state index contributed by atoms with van der Waals surface area (Å²) in [5.41, 5.74) is 6.12. The first-order valence-corrected chi connectivity index (χ1v) is 7.10. The minimum absolute atomic E-state index is 0.317. The zero-order valence-electron chi connectivity index (χ0n) is 11.7. The highest BCUT2D eigenvalue weighted by atomic mass is 16.4. The Kier molecular flexibility index (Phi) is 3.84. The molecule has 1 aliphatic rings. The van der Waals surface area contributed by atoms with Crippen LogP contribution in [0.3, 0.4) is 0 Å². The van der Waals surface area contributed by atoms with E-state index in [0.29, 0.717) is 36.0 Å². The van der Waals surface area contributed by atoms with Crippen molar-refractivity contribution in [3.8, 4) is 11.7 Å². The molecular weight excluding hydrogens is 256 g/mol. The molecule has 0 spiro atoms. The third-order valence-corrected chi connectivity index (χ3v) is 3.96. The third kappa shape index (κ3) is 2.76. The van der Waals surface area contributed by atoms with Gasteiger partial charge in [0, 0.05) is 19.1 Å². The van der Waals surface area contributed by atoms with Crippen molar-refractivity contribution in [2.45, 2.75) is 32.4 Å². The summed E-state index contributed by atoms with van der Waals surface area (Å²) in [6, 6.07) is 3.93. The molecule has 2 aromatic heterocycles. The number of nitrogens with two attached hydrogens (primary N) is 1. The van der Waals surface area contributed by atoms with Gasteiger partial charge >= 0.3 is 0 Å². The first-order chi connectivity index (χ1) is 9.76. The van der Waals surface area contributed by atoms with Gasteiger partial charge in [0.05, 0.1) is 12.8 Å². The molecule has 3 rings (SSSR count). The number of nitrogens with zero attached hydrogens (tertiary/aromatic N) is 3. The maximum absolute atomic E-state index is 6.12. The van der Waals surface area contributed by atoms with E-state index in [2.05, 4.69) is 22.0 Å². The van der Waals surface area contributed by atoms with Crippen molar-refractivity contribution in [3.05, 3.63) is 24.3 Å². The van der Waals surface area contributed by atoms with E-state index in [0.717, 1.165) is 25.9 Å². The van der Waals surface area contributed by atoms with E-state index in [4.69, 9.17) is 14.6 Å². The fourth-order valence-corrected chi connectivity index (χ4v) is 2.71. The van der Waals surface area contributed by atoms with Crippen LogP contribution < -0.4 is 5.73 Å². The fraction of sp³-hybridized carbons (Fsp3) is 0.571. The molecule has 0 aromatic carbocycles. The van der Waals surface area contributed by atoms with Crippen LogP contribution in [0.1, 0.15) is 25.7 Å². The van der Waals surface area contributed by atoms with E-state index in [9.17, 15) is 0 Å². The van der Waals surface area contributed by atoms with Gasteiger partial charge in [-0.05, 0) is 24.5 Å². The molecule has 1 saturated heterocycles. The summed E-state index contributed by atoms with van der Waals surface area (Å²) in [5, 5.41) is 8.10. The van der Waals surface area contributed by atoms with E-state index in [1.165, 1.54) is 0 Å². The van der Waals surface area contributed by atoms with Gasteiger partial charge in [0.2, 0.25) is 5.89 Å². The van der Waals surface area contributed by atoms with Crippen LogP contribution >= 0.6 is 0 Å². The Morgan fingerprint density at radius 3 is 3.10 bits per heavy atom. The van der Waals surface area contributed by atoms with Gasteiger partial charge in [-0.2, -0.15) is 0 Å². The quantitative estimate of drug-likeness (QED) is 0.918. The normalized spacial score (nSPS) is 24.1. The summed E-state index contributed by atoms with van der Waals surface area (Å²) < 4.78 is 10.9. The molecule has 6 heteroatoms. The summed E-state index contributed by atoms with van der Waals surface area (Å²) in [6.07, 6.45) is 3.73. The zero-order chi connectivity index (χ0) is 13.9. The number of rotatable bonds is 4. The van der Waals surface area contributed by atoms with Crippen molar-refractivity contribution in [2.24, 2.45) is 11.7 Å². The van der Waals surface area contributed by atoms with Crippen molar-refractivity contribution in [2.75, 3.05) is 13.1 Å². The predicted octanol–water partition coefficient (Wildman–Crippen LogP) is 1.89. The molecule has 0 radical (unpaired) electrons. The molecule has 2 atom stereocenters. The van der Waals surface area contributed by atoms with Crippen LogP contribution in [-0.4, -0.2) is 34.2 Å². The smallest absolute Gasteiger partial charge is 0.283 e. The second-order valence-electron chi connectivity index (χ2n) is 5.33. The third-order valence-electron chi connectivity index (χ3n) is 3.96. The molecule has 0 aliphatic carbocycles. The number of likely N-dealkylation sites (tertiary alicyclic amines) is 1. The Labute approximate surface area is 117 Å². The van der Waals surface area contributed by atoms with Gasteiger partial charge in [0.1, 0.15) is 0 Å². The van der Waals surface area contributed by atoms with Gasteiger partial charge in [0.25, 0.3) is 5.89 Å². The van der Waals surface area contributed by atoms with Gasteiger partial charge in [-0.15, -0.1) is 10.2 Å². The highest BCUT2D eigenvalue weighted by Crippen LogP contribution is 2.22. The molecule has 20 heavy (non-hydrogen) atoms. The Morgan fingerprint density at radius 2 is 2.35 bits per heavy atom. The lowest BCUT2D eigenvalue weighted by molar-refractivity contribution is 0.135. The van der Waals surface area contributed by atoms with E-state index >= 15 is 0 Å². The summed E-state index contributed by atoms with van der Waals surface area (Å²) >= 11 is 0. The summed E-state index contributed by atoms with van der Waals surface area (Å²) in [5.74, 6) is 2.22. The van der Waals surface area contributed by atoms with Gasteiger partial charge in [-0.3, -0.25) is 4.90 Å². The van der Waals surface area contributed by atoms with Crippen molar-refractivity contribution in [3.63, 3.8) is 0 Å². The maximum Gasteiger partial charge on any atom is 0.283 e. The van der Waals surface area contributed by atoms with E-state index in [1.54, 1.807) is 12.3 Å². The molecule has 3 heterocycles. The van der Waals surface area contributed by atoms with Gasteiger partial charge in [0.15, 0.2) is 5.76 Å². The van der Waals surface area contributed by atoms with Gasteiger partial charge < -0.3 is 14.6 Å². The fourth-order valence-electron chi connectivity index (χ4n) is 2.71. The van der Waals surface area contributed by atoms with Crippen molar-refractivity contribution < 1.29 is 8.83 Å². The Balaban J connectivity index is 1.64. The summed E-state index contributed by atoms with van der Waals surface area (Å²) in [4.78, 5) is 2.33. The van der Waals surface area contributed by atoms with Crippen LogP contribution in [0, 0.1) is 5.92 Å². The average Bonchev–Trinajstić information content (AvgIpc) is 3.11. The Hall–Kier alpha value is -1.66. The minimum atomic E-state index is 0.317. The highest BCUT2D eigenvalue weighted by molar-refractivity contribution is 5.42. The molecule has 1 aliphatic heterocycles. The second kappa shape index (κ2) is 5.76. The molecule has 108 valence electrons. The lowest BCUT2D eigenvalue weighted by Crippen LogP contribution is -2.46. The maximum atomic E-state index is 6.12. The van der Waals surface area contributed by atoms with E-state index < -0.39 is 0 Å². The summed E-state index contributed by atoms with van der Waals surface area (Å²) in [6.45, 7) is 4.85. The molecule has 0 amide bonds. The number of aromatic nitrogens is 2. The Bertz CT molecular complexity index is 537. The van der Waals surface area contributed by atoms with E-state index in [1.807, 2.05) is 6.07 Å². The van der Waals surface area contributed by atoms with Crippen LogP contribution in [-0.2, 0) is 6.54 Å². The zero-order valence-corrected chi connectivity index (χ0v) is 11.7. The van der Waals surface area contributed by atoms with Gasteiger partial charge in [-0.1, -0.05) is 13.3 Å². The van der Waals surface area contributed by atoms with Crippen LogP contribution in [0.25, 0.3) is 11.7 Å². The average molecular weight is 276 g/mol. The topological polar surface area (TPSA) is 81.3 Å². The molecule has 0 bridgehead atoms. The number of furan rings is 1. The molecule has 2 aromatic rings. The molecule has 6 nitrogen and oxygen atoms in total. The molecule has 1 fully saturated rings. The van der Waals surface area contributed by atoms with Crippen LogP contribution in [0.15, 0.2) is 27.2 Å². The second-order valence-corrected chi connectivity index (χ2v) is 5.33. The molecular formula is C14H20N4O2. The van der Waals surface area contributed by atoms with Crippen LogP contribution in [0.2, 0.25) is 0 Å². The highest BCUT2D eigenvalue weighted by Gasteiger charge is 2.26. The number of hydrogen-bond donors (Lipinski definition) is 1. The van der Waals surface area contributed by atoms with Crippen molar-refractivity contribution in [1.82, 2.24) is 15.1 Å². The molecule has 0 saturated carbocycles. The molecule has 2 unspecified atom stereocenters. The monoisotopic (exact) mass is 276 g/mol. The number of piperidine rings is 1. The van der Waals surface area contributed by atoms with Gasteiger partial charge in [-0.25, -0.2) is 0 Å². The Morgan fingerprint density at radius 1 is 1.45 bits per heavy atom. The van der Waals surface area contributed by atoms with Crippen LogP contribution in [0.5, 0.6) is 0 Å². The van der Waals surface area contributed by atoms with Crippen molar-refractivity contribution >= 4 is 0 Å². The summed E-state index contributed by atoms with van der Waals surface area (Å²) in [7, 11) is 0. The van der Waals surface area contributed by atoms with Crippen LogP contribution in [0.4, 0.5) is 0 Å². The predicted molar refractivity (Wildman–Crippen MR) is 73.7 cm³/mol. The lowest BCUT2D eigenvalue weighted by Gasteiger charge is -2.35. The van der Waals surface area contributed by atoms with Crippen molar-refractivity contribution in [1.29, 1.82) is 0 Å². The largest absolute Gasteiger partial charge is 0.459 e. The SMILES string of the molecule is CCC1CN(Cc2nnc(-c3ccco3)o2)CCC1N. The number of hydrogen-bond acceptors (Lipinski definition) is 6. The standard InChI is InChI=1S/C14H20N4O2/c1-2-10-8-18(6-5-11(10)15)9-13-16-17-14(20-13)12-4-3-7-19-12/h3-4,7,10-11H,2,5-6,8-9,15H2,1H3. The lowest BCUT2D eigenvalue weighted by atomic mass is 9.91. The first-order valence-electron chi connectivity index (χ1n) is 7.10. The molecule has 2 N–H and O–H groups in total.